The Morgan fingerprint density at radius 1 is 1.18 bits per heavy atom. The number of aromatic nitrogens is 4. The van der Waals surface area contributed by atoms with Crippen LogP contribution in [0, 0.1) is 0 Å². The molecule has 12 nitrogen and oxygen atoms in total. The maximum absolute atomic E-state index is 13.6. The minimum absolute atomic E-state index is 0.253. The summed E-state index contributed by atoms with van der Waals surface area (Å²) in [4.78, 5) is 52.6. The number of rotatable bonds is 5. The van der Waals surface area contributed by atoms with Crippen molar-refractivity contribution in [3.8, 4) is 0 Å². The zero-order valence-electron chi connectivity index (χ0n) is 18.2. The van der Waals surface area contributed by atoms with E-state index in [-0.39, 0.29) is 11.9 Å². The first kappa shape index (κ1) is 23.6. The molecule has 0 aliphatic carbocycles. The minimum atomic E-state index is -5.40. The Labute approximate surface area is 190 Å². The summed E-state index contributed by atoms with van der Waals surface area (Å²) >= 11 is 0. The van der Waals surface area contributed by atoms with Crippen LogP contribution in [0.4, 0.5) is 29.9 Å². The molecule has 4 heterocycles. The van der Waals surface area contributed by atoms with Gasteiger partial charge < -0.3 is 9.64 Å². The van der Waals surface area contributed by atoms with Crippen LogP contribution in [0.15, 0.2) is 24.5 Å². The van der Waals surface area contributed by atoms with Crippen LogP contribution in [0.5, 0.6) is 0 Å². The topological polar surface area (TPSA) is 131 Å². The van der Waals surface area contributed by atoms with Crippen LogP contribution in [-0.4, -0.2) is 80.7 Å². The molecule has 2 saturated heterocycles. The molecule has 2 aromatic rings. The summed E-state index contributed by atoms with van der Waals surface area (Å²) in [6.45, 7) is 3.71. The number of hydrogen-bond donors (Lipinski definition) is 1. The van der Waals surface area contributed by atoms with Gasteiger partial charge in [-0.2, -0.15) is 18.1 Å². The fraction of sp³-hybridized carbons (Fsp3) is 0.474. The molecule has 3 amide bonds. The van der Waals surface area contributed by atoms with Gasteiger partial charge in [-0.25, -0.2) is 9.59 Å². The Kier molecular flexibility index (Phi) is 5.77. The Hall–Kier alpha value is -3.59. The fourth-order valence-corrected chi connectivity index (χ4v) is 3.75. The number of quaternary nitrogens is 1. The van der Waals surface area contributed by atoms with Gasteiger partial charge in [-0.3, -0.25) is 19.6 Å². The number of halogens is 3. The van der Waals surface area contributed by atoms with Gasteiger partial charge >= 0.3 is 24.1 Å². The molecule has 0 saturated carbocycles. The molecule has 0 bridgehead atoms. The van der Waals surface area contributed by atoms with Crippen molar-refractivity contribution in [2.24, 2.45) is 0 Å². The highest BCUT2D eigenvalue weighted by Gasteiger charge is 2.72. The molecule has 0 spiro atoms. The molecule has 15 heteroatoms. The lowest BCUT2D eigenvalue weighted by atomic mass is 10.0. The number of urea groups is 1. The lowest BCUT2D eigenvalue weighted by Crippen LogP contribution is -2.62. The predicted octanol–water partition coefficient (Wildman–Crippen LogP) is 1.32. The number of anilines is 2. The van der Waals surface area contributed by atoms with Crippen molar-refractivity contribution in [2.45, 2.75) is 32.1 Å². The van der Waals surface area contributed by atoms with Crippen molar-refractivity contribution in [1.82, 2.24) is 20.2 Å². The van der Waals surface area contributed by atoms with Gasteiger partial charge in [0.15, 0.2) is 6.54 Å². The number of H-pyrrole nitrogens is 1. The minimum Gasteiger partial charge on any atom is -0.378 e. The first-order valence-electron chi connectivity index (χ1n) is 10.2. The zero-order chi connectivity index (χ0) is 24.7. The number of hydroxylamine groups is 3. The second-order valence-corrected chi connectivity index (χ2v) is 8.18. The molecule has 2 aliphatic rings. The Bertz CT molecular complexity index is 1100. The van der Waals surface area contributed by atoms with Gasteiger partial charge in [0, 0.05) is 44.9 Å². The molecule has 2 aromatic heterocycles. The van der Waals surface area contributed by atoms with E-state index in [4.69, 9.17) is 9.57 Å². The van der Waals surface area contributed by atoms with E-state index in [0.29, 0.717) is 36.8 Å². The summed E-state index contributed by atoms with van der Waals surface area (Å²) in [5.74, 6) is -3.58. The first-order valence-corrected chi connectivity index (χ1v) is 10.2. The average molecular weight is 484 g/mol. The number of alkyl halides is 3. The van der Waals surface area contributed by atoms with Gasteiger partial charge in [0.2, 0.25) is 17.4 Å². The summed E-state index contributed by atoms with van der Waals surface area (Å²) in [6, 6.07) is 1.64. The molecule has 2 fully saturated rings. The average Bonchev–Trinajstić information content (AvgIpc) is 3.32. The van der Waals surface area contributed by atoms with Gasteiger partial charge in [0.05, 0.1) is 13.2 Å². The van der Waals surface area contributed by atoms with Gasteiger partial charge in [-0.1, -0.05) is 0 Å². The highest BCUT2D eigenvalue weighted by Crippen LogP contribution is 2.41. The molecule has 34 heavy (non-hydrogen) atoms. The number of hydrogen-bond acceptors (Lipinski definition) is 9. The van der Waals surface area contributed by atoms with Crippen LogP contribution in [0.2, 0.25) is 0 Å². The smallest absolute Gasteiger partial charge is 0.378 e. The molecule has 1 atom stereocenters. The first-order chi connectivity index (χ1) is 16.0. The predicted molar refractivity (Wildman–Crippen MR) is 107 cm³/mol. The third kappa shape index (κ3) is 3.86. The maximum Gasteiger partial charge on any atom is 0.497 e. The van der Waals surface area contributed by atoms with Crippen molar-refractivity contribution < 1.29 is 41.8 Å². The number of carbonyl (C=O) groups excluding carboxylic acids is 3. The lowest BCUT2D eigenvalue weighted by Gasteiger charge is -2.35. The van der Waals surface area contributed by atoms with Gasteiger partial charge in [-0.15, -0.1) is 10.2 Å². The van der Waals surface area contributed by atoms with E-state index >= 15 is 0 Å². The highest BCUT2D eigenvalue weighted by atomic mass is 19.4. The summed E-state index contributed by atoms with van der Waals surface area (Å²) in [7, 11) is 0. The number of carbonyl (C=O) groups is 3. The quantitative estimate of drug-likeness (QED) is 0.493. The largest absolute Gasteiger partial charge is 0.497 e. The van der Waals surface area contributed by atoms with Crippen LogP contribution in [0.3, 0.4) is 0 Å². The van der Waals surface area contributed by atoms with E-state index in [0.717, 1.165) is 0 Å². The summed E-state index contributed by atoms with van der Waals surface area (Å²) in [6.07, 6.45) is -2.68. The number of morpholine rings is 1. The number of ether oxygens (including phenoxy) is 1. The van der Waals surface area contributed by atoms with Crippen molar-refractivity contribution in [1.29, 1.82) is 0 Å². The highest BCUT2D eigenvalue weighted by molar-refractivity contribution is 6.18. The number of nitrogens with one attached hydrogen (secondary N) is 1. The van der Waals surface area contributed by atoms with Gasteiger partial charge in [0.1, 0.15) is 0 Å². The number of nitrogens with zero attached hydrogens (tertiary/aromatic N) is 6. The second-order valence-electron chi connectivity index (χ2n) is 8.18. The second kappa shape index (κ2) is 8.32. The summed E-state index contributed by atoms with van der Waals surface area (Å²) in [5, 5.41) is 7.80. The van der Waals surface area contributed by atoms with Crippen molar-refractivity contribution in [3.05, 3.63) is 30.1 Å². The van der Waals surface area contributed by atoms with Crippen molar-refractivity contribution in [2.75, 3.05) is 36.1 Å². The summed E-state index contributed by atoms with van der Waals surface area (Å²) < 4.78 is 43.2. The fourth-order valence-electron chi connectivity index (χ4n) is 3.75. The van der Waals surface area contributed by atoms with Crippen LogP contribution in [-0.2, 0) is 25.7 Å². The molecule has 0 aromatic carbocycles. The summed E-state index contributed by atoms with van der Waals surface area (Å²) in [5.41, 5.74) is -1.62. The molecule has 0 radical (unpaired) electrons. The van der Waals surface area contributed by atoms with E-state index in [2.05, 4.69) is 20.2 Å². The number of amides is 3. The van der Waals surface area contributed by atoms with Crippen molar-refractivity contribution >= 4 is 29.8 Å². The number of imide groups is 1. The number of pyridine rings is 1. The molecule has 2 aliphatic heterocycles. The van der Waals surface area contributed by atoms with Crippen molar-refractivity contribution in [3.63, 3.8) is 0 Å². The normalized spacial score (nSPS) is 22.9. The standard InChI is InChI=1S/C19H21F3N7O5/c1-18(2)13(30)28(16-24-15(25-26-16)27-7-9-33-10-8-27)17(32)29(18,34-14(31)19(20,21)22)11-12-3-5-23-6-4-12/h3-6H,7-11H2,1-2H3,(H,24,25,26)/q+1. The van der Waals surface area contributed by atoms with E-state index in [1.165, 1.54) is 38.4 Å². The zero-order valence-corrected chi connectivity index (χ0v) is 18.2. The SMILES string of the molecule is CC1(C)C(=O)N(c2nnc(N3CCOCC3)[nH]2)C(=O)[N+]1(Cc1ccncc1)OC(=O)C(F)(F)F. The molecule has 1 N–H and O–H groups in total. The van der Waals surface area contributed by atoms with Gasteiger partial charge in [-0.05, 0) is 16.8 Å². The third-order valence-electron chi connectivity index (χ3n) is 5.74. The third-order valence-corrected chi connectivity index (χ3v) is 5.74. The maximum atomic E-state index is 13.6. The van der Waals surface area contributed by atoms with Crippen LogP contribution >= 0.6 is 0 Å². The van der Waals surface area contributed by atoms with Gasteiger partial charge in [0.25, 0.3) is 0 Å². The molecule has 1 unspecified atom stereocenters. The Balaban J connectivity index is 1.75. The Morgan fingerprint density at radius 2 is 1.79 bits per heavy atom. The molecule has 182 valence electrons. The lowest BCUT2D eigenvalue weighted by molar-refractivity contribution is -1.06. The van der Waals surface area contributed by atoms with Crippen LogP contribution in [0.25, 0.3) is 0 Å². The molecular weight excluding hydrogens is 463 g/mol. The van der Waals surface area contributed by atoms with E-state index in [9.17, 15) is 27.6 Å². The van der Waals surface area contributed by atoms with Crippen LogP contribution in [0.1, 0.15) is 19.4 Å². The monoisotopic (exact) mass is 484 g/mol. The molecular formula is C19H21F3N7O5+. The van der Waals surface area contributed by atoms with Crippen LogP contribution < -0.4 is 9.80 Å². The van der Waals surface area contributed by atoms with E-state index < -0.39 is 40.8 Å². The van der Waals surface area contributed by atoms with E-state index in [1.54, 1.807) is 4.90 Å². The van der Waals surface area contributed by atoms with E-state index in [1.807, 2.05) is 0 Å². The number of aromatic amines is 1. The Morgan fingerprint density at radius 3 is 2.41 bits per heavy atom. The molecule has 4 rings (SSSR count).